The van der Waals surface area contributed by atoms with Gasteiger partial charge in [-0.2, -0.15) is 0 Å². The Bertz CT molecular complexity index is 264. The molecule has 0 aliphatic carbocycles. The fourth-order valence-corrected chi connectivity index (χ4v) is 1.76. The summed E-state index contributed by atoms with van der Waals surface area (Å²) >= 11 is 0. The standard InChI is InChI=1S/C11H20N2O4/c1-8(9-4-6-17-7-9)13-11(16)12-5-2-3-10(14)15/h8-9H,2-7H2,1H3,(H,14,15)(H2,12,13,16). The number of nitrogens with one attached hydrogen (secondary N) is 2. The van der Waals surface area contributed by atoms with E-state index < -0.39 is 5.97 Å². The van der Waals surface area contributed by atoms with Crippen molar-refractivity contribution in [2.24, 2.45) is 5.92 Å². The molecule has 0 radical (unpaired) electrons. The molecule has 2 unspecified atom stereocenters. The van der Waals surface area contributed by atoms with Crippen molar-refractivity contribution < 1.29 is 19.4 Å². The number of hydrogen-bond donors (Lipinski definition) is 3. The molecule has 2 amide bonds. The number of amides is 2. The Kier molecular flexibility index (Phi) is 5.76. The number of carboxylic acids is 1. The molecule has 1 rings (SSSR count). The van der Waals surface area contributed by atoms with E-state index in [1.165, 1.54) is 0 Å². The Hall–Kier alpha value is -1.30. The van der Waals surface area contributed by atoms with Crippen LogP contribution in [0, 0.1) is 5.92 Å². The van der Waals surface area contributed by atoms with Crippen molar-refractivity contribution in [2.75, 3.05) is 19.8 Å². The molecule has 2 atom stereocenters. The van der Waals surface area contributed by atoms with E-state index in [9.17, 15) is 9.59 Å². The van der Waals surface area contributed by atoms with Crippen LogP contribution in [0.15, 0.2) is 0 Å². The molecule has 1 aliphatic heterocycles. The van der Waals surface area contributed by atoms with E-state index in [2.05, 4.69) is 10.6 Å². The number of urea groups is 1. The van der Waals surface area contributed by atoms with Crippen molar-refractivity contribution in [3.63, 3.8) is 0 Å². The first-order valence-electron chi connectivity index (χ1n) is 5.93. The summed E-state index contributed by atoms with van der Waals surface area (Å²) < 4.78 is 5.25. The molecule has 17 heavy (non-hydrogen) atoms. The first kappa shape index (κ1) is 13.8. The topological polar surface area (TPSA) is 87.7 Å². The lowest BCUT2D eigenvalue weighted by atomic mass is 10.0. The van der Waals surface area contributed by atoms with Gasteiger partial charge >= 0.3 is 12.0 Å². The van der Waals surface area contributed by atoms with Gasteiger partial charge in [0.05, 0.1) is 6.61 Å². The Morgan fingerprint density at radius 1 is 1.53 bits per heavy atom. The summed E-state index contributed by atoms with van der Waals surface area (Å²) in [6.45, 7) is 3.79. The van der Waals surface area contributed by atoms with Crippen molar-refractivity contribution in [1.82, 2.24) is 10.6 Å². The molecule has 6 nitrogen and oxygen atoms in total. The van der Waals surface area contributed by atoms with E-state index in [4.69, 9.17) is 9.84 Å². The van der Waals surface area contributed by atoms with Crippen LogP contribution in [0.5, 0.6) is 0 Å². The van der Waals surface area contributed by atoms with Crippen LogP contribution in [-0.4, -0.2) is 42.9 Å². The van der Waals surface area contributed by atoms with Crippen molar-refractivity contribution in [1.29, 1.82) is 0 Å². The summed E-state index contributed by atoms with van der Waals surface area (Å²) in [5.74, 6) is -0.469. The van der Waals surface area contributed by atoms with Crippen LogP contribution in [0.25, 0.3) is 0 Å². The van der Waals surface area contributed by atoms with Crippen LogP contribution in [0.1, 0.15) is 26.2 Å². The highest BCUT2D eigenvalue weighted by atomic mass is 16.5. The predicted octanol–water partition coefficient (Wildman–Crippen LogP) is 0.575. The molecule has 0 aromatic carbocycles. The summed E-state index contributed by atoms with van der Waals surface area (Å²) in [4.78, 5) is 21.7. The van der Waals surface area contributed by atoms with Crippen LogP contribution in [0.4, 0.5) is 4.79 Å². The van der Waals surface area contributed by atoms with E-state index in [1.807, 2.05) is 6.92 Å². The summed E-state index contributed by atoms with van der Waals surface area (Å²) in [6, 6.07) is -0.160. The molecule has 6 heteroatoms. The van der Waals surface area contributed by atoms with Crippen molar-refractivity contribution in [3.05, 3.63) is 0 Å². The zero-order valence-corrected chi connectivity index (χ0v) is 10.1. The molecule has 3 N–H and O–H groups in total. The van der Waals surface area contributed by atoms with Gasteiger partial charge in [0.25, 0.3) is 0 Å². The summed E-state index contributed by atoms with van der Waals surface area (Å²) in [5, 5.41) is 13.9. The lowest BCUT2D eigenvalue weighted by molar-refractivity contribution is -0.137. The monoisotopic (exact) mass is 244 g/mol. The second kappa shape index (κ2) is 7.11. The summed E-state index contributed by atoms with van der Waals surface area (Å²) in [7, 11) is 0. The predicted molar refractivity (Wildman–Crippen MR) is 61.8 cm³/mol. The minimum absolute atomic E-state index is 0.0757. The highest BCUT2D eigenvalue weighted by molar-refractivity contribution is 5.74. The molecule has 0 aromatic rings. The SMILES string of the molecule is CC(NC(=O)NCCCC(=O)O)C1CCOC1. The molecule has 98 valence electrons. The van der Waals surface area contributed by atoms with E-state index in [1.54, 1.807) is 0 Å². The third-order valence-electron chi connectivity index (χ3n) is 2.88. The zero-order chi connectivity index (χ0) is 12.7. The number of carbonyl (C=O) groups excluding carboxylic acids is 1. The van der Waals surface area contributed by atoms with E-state index in [0.717, 1.165) is 13.0 Å². The molecule has 1 aliphatic rings. The van der Waals surface area contributed by atoms with E-state index >= 15 is 0 Å². The third-order valence-corrected chi connectivity index (χ3v) is 2.88. The average Bonchev–Trinajstić information content (AvgIpc) is 2.77. The summed E-state index contributed by atoms with van der Waals surface area (Å²) in [6.07, 6.45) is 1.50. The lowest BCUT2D eigenvalue weighted by Crippen LogP contribution is -2.44. The number of rotatable bonds is 6. The van der Waals surface area contributed by atoms with Gasteiger partial charge in [0.1, 0.15) is 0 Å². The molecule has 1 saturated heterocycles. The van der Waals surface area contributed by atoms with Gasteiger partial charge in [-0.25, -0.2) is 4.79 Å². The van der Waals surface area contributed by atoms with Gasteiger partial charge in [-0.1, -0.05) is 0 Å². The number of carbonyl (C=O) groups is 2. The Morgan fingerprint density at radius 3 is 2.88 bits per heavy atom. The Morgan fingerprint density at radius 2 is 2.29 bits per heavy atom. The number of ether oxygens (including phenoxy) is 1. The van der Waals surface area contributed by atoms with Gasteiger partial charge in [-0.3, -0.25) is 4.79 Å². The fraction of sp³-hybridized carbons (Fsp3) is 0.818. The quantitative estimate of drug-likeness (QED) is 0.596. The zero-order valence-electron chi connectivity index (χ0n) is 10.1. The normalized spacial score (nSPS) is 20.9. The Balaban J connectivity index is 2.09. The van der Waals surface area contributed by atoms with E-state index in [0.29, 0.717) is 25.5 Å². The van der Waals surface area contributed by atoms with Crippen LogP contribution in [0.3, 0.4) is 0 Å². The molecule has 0 spiro atoms. The molecule has 1 heterocycles. The highest BCUT2D eigenvalue weighted by Crippen LogP contribution is 2.15. The smallest absolute Gasteiger partial charge is 0.315 e. The van der Waals surface area contributed by atoms with Crippen molar-refractivity contribution >= 4 is 12.0 Å². The third kappa shape index (κ3) is 5.53. The second-order valence-corrected chi connectivity index (χ2v) is 4.31. The average molecular weight is 244 g/mol. The number of aliphatic carboxylic acids is 1. The van der Waals surface area contributed by atoms with E-state index in [-0.39, 0.29) is 18.5 Å². The maximum Gasteiger partial charge on any atom is 0.315 e. The highest BCUT2D eigenvalue weighted by Gasteiger charge is 2.23. The minimum atomic E-state index is -0.844. The van der Waals surface area contributed by atoms with Gasteiger partial charge < -0.3 is 20.5 Å². The maximum atomic E-state index is 11.4. The van der Waals surface area contributed by atoms with Gasteiger partial charge in [-0.05, 0) is 19.8 Å². The van der Waals surface area contributed by atoms with Gasteiger partial charge in [0, 0.05) is 31.5 Å². The van der Waals surface area contributed by atoms with Crippen LogP contribution < -0.4 is 10.6 Å². The van der Waals surface area contributed by atoms with Crippen LogP contribution >= 0.6 is 0 Å². The Labute approximate surface area is 101 Å². The maximum absolute atomic E-state index is 11.4. The summed E-state index contributed by atoms with van der Waals surface area (Å²) in [5.41, 5.74) is 0. The van der Waals surface area contributed by atoms with Gasteiger partial charge in [-0.15, -0.1) is 0 Å². The van der Waals surface area contributed by atoms with Crippen molar-refractivity contribution in [2.45, 2.75) is 32.2 Å². The van der Waals surface area contributed by atoms with Crippen molar-refractivity contribution in [3.8, 4) is 0 Å². The number of carboxylic acid groups (broad SMARTS) is 1. The lowest BCUT2D eigenvalue weighted by Gasteiger charge is -2.19. The first-order chi connectivity index (χ1) is 8.09. The van der Waals surface area contributed by atoms with Crippen LogP contribution in [0.2, 0.25) is 0 Å². The minimum Gasteiger partial charge on any atom is -0.481 e. The molecule has 1 fully saturated rings. The molecule has 0 saturated carbocycles. The largest absolute Gasteiger partial charge is 0.481 e. The molecular weight excluding hydrogens is 224 g/mol. The van der Waals surface area contributed by atoms with Gasteiger partial charge in [0.2, 0.25) is 0 Å². The molecule has 0 bridgehead atoms. The number of hydrogen-bond acceptors (Lipinski definition) is 3. The van der Waals surface area contributed by atoms with Gasteiger partial charge in [0.15, 0.2) is 0 Å². The molecular formula is C11H20N2O4. The fourth-order valence-electron chi connectivity index (χ4n) is 1.76. The molecule has 0 aromatic heterocycles. The first-order valence-corrected chi connectivity index (χ1v) is 5.93. The second-order valence-electron chi connectivity index (χ2n) is 4.31. The van der Waals surface area contributed by atoms with Crippen LogP contribution in [-0.2, 0) is 9.53 Å².